The summed E-state index contributed by atoms with van der Waals surface area (Å²) in [6, 6.07) is 2.44. The van der Waals surface area contributed by atoms with Gasteiger partial charge in [-0.1, -0.05) is 13.8 Å². The van der Waals surface area contributed by atoms with Crippen LogP contribution in [0.2, 0.25) is 0 Å². The average molecular weight is 345 g/mol. The van der Waals surface area contributed by atoms with Gasteiger partial charge in [-0.3, -0.25) is 4.79 Å². The number of amides is 1. The zero-order valence-electron chi connectivity index (χ0n) is 16.4. The maximum Gasteiger partial charge on any atom is 0.222 e. The van der Waals surface area contributed by atoms with E-state index in [1.165, 1.54) is 12.8 Å². The SMILES string of the molecule is Cc1nc(C(C)C)cc(N2CCC[C@]3(CCC(=O)N(C(C)C)C3)C2)n1. The van der Waals surface area contributed by atoms with E-state index in [2.05, 4.69) is 48.5 Å². The molecule has 1 atom stereocenters. The molecule has 1 aromatic rings. The predicted octanol–water partition coefficient (Wildman–Crippen LogP) is 3.53. The van der Waals surface area contributed by atoms with Crippen molar-refractivity contribution < 1.29 is 4.79 Å². The van der Waals surface area contributed by atoms with Crippen LogP contribution in [0.15, 0.2) is 6.07 Å². The summed E-state index contributed by atoms with van der Waals surface area (Å²) in [4.78, 5) is 26.1. The number of nitrogens with zero attached hydrogens (tertiary/aromatic N) is 4. The van der Waals surface area contributed by atoms with Crippen LogP contribution in [0, 0.1) is 12.3 Å². The fourth-order valence-electron chi connectivity index (χ4n) is 4.28. The summed E-state index contributed by atoms with van der Waals surface area (Å²) in [6.45, 7) is 13.5. The number of hydrogen-bond donors (Lipinski definition) is 0. The largest absolute Gasteiger partial charge is 0.356 e. The lowest BCUT2D eigenvalue weighted by Gasteiger charge is -2.49. The maximum absolute atomic E-state index is 12.3. The van der Waals surface area contributed by atoms with Crippen LogP contribution in [0.25, 0.3) is 0 Å². The van der Waals surface area contributed by atoms with E-state index < -0.39 is 0 Å². The molecule has 1 spiro atoms. The minimum Gasteiger partial charge on any atom is -0.356 e. The number of likely N-dealkylation sites (tertiary alicyclic amines) is 1. The molecule has 1 amide bonds. The Balaban J connectivity index is 1.83. The lowest BCUT2D eigenvalue weighted by atomic mass is 9.73. The molecule has 0 unspecified atom stereocenters. The molecular weight excluding hydrogens is 312 g/mol. The van der Waals surface area contributed by atoms with Gasteiger partial charge in [-0.2, -0.15) is 0 Å². The van der Waals surface area contributed by atoms with Crippen molar-refractivity contribution in [3.8, 4) is 0 Å². The number of carbonyl (C=O) groups is 1. The van der Waals surface area contributed by atoms with Crippen LogP contribution < -0.4 is 4.90 Å². The molecular formula is C20H32N4O. The molecule has 0 N–H and O–H groups in total. The van der Waals surface area contributed by atoms with Crippen molar-refractivity contribution in [1.29, 1.82) is 0 Å². The van der Waals surface area contributed by atoms with E-state index in [1.807, 2.05) is 6.92 Å². The second-order valence-corrected chi connectivity index (χ2v) is 8.49. The molecule has 0 aliphatic carbocycles. The van der Waals surface area contributed by atoms with Gasteiger partial charge in [0.2, 0.25) is 5.91 Å². The minimum atomic E-state index is 0.216. The van der Waals surface area contributed by atoms with Gasteiger partial charge in [-0.15, -0.1) is 0 Å². The van der Waals surface area contributed by atoms with Crippen LogP contribution in [-0.4, -0.2) is 46.5 Å². The Labute approximate surface area is 151 Å². The highest BCUT2D eigenvalue weighted by molar-refractivity contribution is 5.77. The van der Waals surface area contributed by atoms with Gasteiger partial charge in [0.15, 0.2) is 0 Å². The number of hydrogen-bond acceptors (Lipinski definition) is 4. The number of rotatable bonds is 3. The first-order chi connectivity index (χ1) is 11.8. The summed E-state index contributed by atoms with van der Waals surface area (Å²) in [7, 11) is 0. The summed E-state index contributed by atoms with van der Waals surface area (Å²) in [5.41, 5.74) is 1.33. The summed E-state index contributed by atoms with van der Waals surface area (Å²) in [6.07, 6.45) is 4.07. The highest BCUT2D eigenvalue weighted by atomic mass is 16.2. The van der Waals surface area contributed by atoms with Crippen molar-refractivity contribution in [2.24, 2.45) is 5.41 Å². The Bertz CT molecular complexity index is 643. The van der Waals surface area contributed by atoms with Crippen molar-refractivity contribution in [2.45, 2.75) is 72.3 Å². The third kappa shape index (κ3) is 3.80. The molecule has 25 heavy (non-hydrogen) atoms. The Morgan fingerprint density at radius 3 is 2.56 bits per heavy atom. The first kappa shape index (κ1) is 18.2. The van der Waals surface area contributed by atoms with E-state index in [1.54, 1.807) is 0 Å². The Morgan fingerprint density at radius 2 is 1.88 bits per heavy atom. The monoisotopic (exact) mass is 344 g/mol. The molecule has 3 rings (SSSR count). The first-order valence-corrected chi connectivity index (χ1v) is 9.70. The third-order valence-corrected chi connectivity index (χ3v) is 5.74. The Hall–Kier alpha value is -1.65. The molecule has 2 saturated heterocycles. The van der Waals surface area contributed by atoms with E-state index >= 15 is 0 Å². The van der Waals surface area contributed by atoms with E-state index in [0.717, 1.165) is 43.4 Å². The first-order valence-electron chi connectivity index (χ1n) is 9.70. The van der Waals surface area contributed by atoms with Gasteiger partial charge in [-0.25, -0.2) is 9.97 Å². The van der Waals surface area contributed by atoms with Gasteiger partial charge in [-0.05, 0) is 46.0 Å². The maximum atomic E-state index is 12.3. The van der Waals surface area contributed by atoms with Crippen LogP contribution in [0.5, 0.6) is 0 Å². The van der Waals surface area contributed by atoms with Gasteiger partial charge < -0.3 is 9.80 Å². The molecule has 0 bridgehead atoms. The van der Waals surface area contributed by atoms with E-state index in [4.69, 9.17) is 4.98 Å². The van der Waals surface area contributed by atoms with Crippen molar-refractivity contribution in [1.82, 2.24) is 14.9 Å². The summed E-state index contributed by atoms with van der Waals surface area (Å²) < 4.78 is 0. The van der Waals surface area contributed by atoms with Crippen LogP contribution in [0.4, 0.5) is 5.82 Å². The van der Waals surface area contributed by atoms with E-state index in [-0.39, 0.29) is 11.5 Å². The van der Waals surface area contributed by atoms with Gasteiger partial charge in [0.1, 0.15) is 11.6 Å². The topological polar surface area (TPSA) is 49.3 Å². The molecule has 1 aromatic heterocycles. The van der Waals surface area contributed by atoms with E-state index in [9.17, 15) is 4.79 Å². The summed E-state index contributed by atoms with van der Waals surface area (Å²) in [5, 5.41) is 0. The van der Waals surface area contributed by atoms with Crippen molar-refractivity contribution in [2.75, 3.05) is 24.5 Å². The zero-order chi connectivity index (χ0) is 18.2. The number of carbonyl (C=O) groups excluding carboxylic acids is 1. The molecule has 5 nitrogen and oxygen atoms in total. The third-order valence-electron chi connectivity index (χ3n) is 5.74. The minimum absolute atomic E-state index is 0.216. The summed E-state index contributed by atoms with van der Waals surface area (Å²) in [5.74, 6) is 2.63. The van der Waals surface area contributed by atoms with Crippen LogP contribution in [0.1, 0.15) is 70.8 Å². The second kappa shape index (κ2) is 6.93. The molecule has 0 saturated carbocycles. The smallest absolute Gasteiger partial charge is 0.222 e. The number of aryl methyl sites for hydroxylation is 1. The predicted molar refractivity (Wildman–Crippen MR) is 101 cm³/mol. The van der Waals surface area contributed by atoms with Gasteiger partial charge in [0, 0.05) is 49.3 Å². The highest BCUT2D eigenvalue weighted by Crippen LogP contribution is 2.40. The normalized spacial score (nSPS) is 24.7. The Kier molecular flexibility index (Phi) is 5.03. The van der Waals surface area contributed by atoms with Gasteiger partial charge >= 0.3 is 0 Å². The van der Waals surface area contributed by atoms with Gasteiger partial charge in [0.25, 0.3) is 0 Å². The average Bonchev–Trinajstić information content (AvgIpc) is 2.57. The quantitative estimate of drug-likeness (QED) is 0.842. The molecule has 2 fully saturated rings. The molecule has 0 radical (unpaired) electrons. The molecule has 3 heterocycles. The van der Waals surface area contributed by atoms with Crippen LogP contribution >= 0.6 is 0 Å². The zero-order valence-corrected chi connectivity index (χ0v) is 16.4. The standard InChI is InChI=1S/C20H32N4O/c1-14(2)17-11-18(22-16(5)21-17)23-10-6-8-20(12-23)9-7-19(25)24(13-20)15(3)4/h11,14-15H,6-10,12-13H2,1-5H3/t20-/m0/s1. The van der Waals surface area contributed by atoms with Crippen molar-refractivity contribution in [3.63, 3.8) is 0 Å². The second-order valence-electron chi connectivity index (χ2n) is 8.49. The number of anilines is 1. The number of piperidine rings is 2. The van der Waals surface area contributed by atoms with Gasteiger partial charge in [0.05, 0.1) is 0 Å². The van der Waals surface area contributed by atoms with Crippen LogP contribution in [0.3, 0.4) is 0 Å². The molecule has 138 valence electrons. The molecule has 2 aliphatic heterocycles. The van der Waals surface area contributed by atoms with Crippen LogP contribution in [-0.2, 0) is 4.79 Å². The molecule has 2 aliphatic rings. The lowest BCUT2D eigenvalue weighted by molar-refractivity contribution is -0.140. The van der Waals surface area contributed by atoms with Crippen molar-refractivity contribution in [3.05, 3.63) is 17.6 Å². The van der Waals surface area contributed by atoms with E-state index in [0.29, 0.717) is 18.2 Å². The fraction of sp³-hybridized carbons (Fsp3) is 0.750. The highest BCUT2D eigenvalue weighted by Gasteiger charge is 2.42. The summed E-state index contributed by atoms with van der Waals surface area (Å²) >= 11 is 0. The van der Waals surface area contributed by atoms with Crippen molar-refractivity contribution >= 4 is 11.7 Å². The number of aromatic nitrogens is 2. The molecule has 0 aromatic carbocycles. The lowest BCUT2D eigenvalue weighted by Crippen LogP contribution is -2.55. The Morgan fingerprint density at radius 1 is 1.12 bits per heavy atom. The molecule has 5 heteroatoms. The fourth-order valence-corrected chi connectivity index (χ4v) is 4.28.